The molecule has 0 unspecified atom stereocenters. The Balaban J connectivity index is 2.21. The van der Waals surface area contributed by atoms with E-state index in [9.17, 15) is 4.79 Å². The fraction of sp³-hybridized carbons (Fsp3) is 0.533. The van der Waals surface area contributed by atoms with E-state index in [0.29, 0.717) is 13.2 Å². The highest BCUT2D eigenvalue weighted by Crippen LogP contribution is 2.32. The topological polar surface area (TPSA) is 29.5 Å². The van der Waals surface area contributed by atoms with Crippen molar-refractivity contribution >= 4 is 5.91 Å². The molecule has 18 heavy (non-hydrogen) atoms. The number of carbonyl (C=O) groups is 1. The minimum absolute atomic E-state index is 0.177. The molecule has 0 radical (unpaired) electrons. The Labute approximate surface area is 109 Å². The molecule has 3 heteroatoms. The van der Waals surface area contributed by atoms with Gasteiger partial charge in [0.15, 0.2) is 6.23 Å². The maximum absolute atomic E-state index is 12.5. The second-order valence-corrected chi connectivity index (χ2v) is 5.37. The first-order valence-electron chi connectivity index (χ1n) is 6.54. The summed E-state index contributed by atoms with van der Waals surface area (Å²) in [6.07, 6.45) is 0.619. The lowest BCUT2D eigenvalue weighted by atomic mass is 9.88. The van der Waals surface area contributed by atoms with Crippen molar-refractivity contribution in [3.63, 3.8) is 0 Å². The summed E-state index contributed by atoms with van der Waals surface area (Å²) in [7, 11) is 0. The van der Waals surface area contributed by atoms with Crippen molar-refractivity contribution in [3.05, 3.63) is 35.9 Å². The predicted octanol–water partition coefficient (Wildman–Crippen LogP) is 2.98. The van der Waals surface area contributed by atoms with Crippen molar-refractivity contribution in [1.29, 1.82) is 0 Å². The van der Waals surface area contributed by atoms with Crippen LogP contribution in [0.15, 0.2) is 30.3 Å². The molecule has 1 aromatic carbocycles. The van der Waals surface area contributed by atoms with Crippen molar-refractivity contribution in [1.82, 2.24) is 4.90 Å². The van der Waals surface area contributed by atoms with Gasteiger partial charge in [-0.05, 0) is 6.42 Å². The molecule has 1 amide bonds. The molecule has 0 saturated carbocycles. The monoisotopic (exact) mass is 247 g/mol. The highest BCUT2D eigenvalue weighted by Gasteiger charge is 2.37. The van der Waals surface area contributed by atoms with Gasteiger partial charge in [0.1, 0.15) is 0 Å². The third-order valence-electron chi connectivity index (χ3n) is 3.70. The van der Waals surface area contributed by atoms with Crippen LogP contribution in [-0.2, 0) is 9.53 Å². The second kappa shape index (κ2) is 5.11. The molecule has 3 nitrogen and oxygen atoms in total. The molecule has 1 fully saturated rings. The van der Waals surface area contributed by atoms with Crippen molar-refractivity contribution in [2.75, 3.05) is 13.2 Å². The molecule has 0 aliphatic carbocycles. The number of benzene rings is 1. The van der Waals surface area contributed by atoms with Gasteiger partial charge in [-0.25, -0.2) is 0 Å². The van der Waals surface area contributed by atoms with E-state index in [2.05, 4.69) is 0 Å². The average molecular weight is 247 g/mol. The van der Waals surface area contributed by atoms with Crippen molar-refractivity contribution in [2.24, 2.45) is 5.41 Å². The zero-order valence-corrected chi connectivity index (χ0v) is 11.3. The van der Waals surface area contributed by atoms with E-state index in [1.165, 1.54) is 0 Å². The minimum atomic E-state index is -0.319. The van der Waals surface area contributed by atoms with E-state index in [1.807, 2.05) is 56.0 Å². The Bertz CT molecular complexity index is 414. The van der Waals surface area contributed by atoms with E-state index in [0.717, 1.165) is 12.0 Å². The summed E-state index contributed by atoms with van der Waals surface area (Å²) < 4.78 is 5.72. The summed E-state index contributed by atoms with van der Waals surface area (Å²) in [5.74, 6) is 0.177. The van der Waals surface area contributed by atoms with E-state index < -0.39 is 0 Å². The van der Waals surface area contributed by atoms with Crippen molar-refractivity contribution in [3.8, 4) is 0 Å². The van der Waals surface area contributed by atoms with Crippen LogP contribution < -0.4 is 0 Å². The van der Waals surface area contributed by atoms with Crippen LogP contribution in [-0.4, -0.2) is 24.0 Å². The maximum atomic E-state index is 12.5. The van der Waals surface area contributed by atoms with E-state index >= 15 is 0 Å². The number of hydrogen-bond donors (Lipinski definition) is 0. The van der Waals surface area contributed by atoms with Crippen LogP contribution in [0.3, 0.4) is 0 Å². The van der Waals surface area contributed by atoms with Crippen molar-refractivity contribution < 1.29 is 9.53 Å². The van der Waals surface area contributed by atoms with Gasteiger partial charge in [-0.1, -0.05) is 51.1 Å². The molecule has 0 aromatic heterocycles. The number of nitrogens with zero attached hydrogens (tertiary/aromatic N) is 1. The standard InChI is InChI=1S/C15H21NO2/c1-4-15(2,3)14(17)16-10-11-18-13(16)12-8-6-5-7-9-12/h5-9,13H,4,10-11H2,1-3H3/t13-/m0/s1. The summed E-state index contributed by atoms with van der Waals surface area (Å²) in [4.78, 5) is 14.4. The van der Waals surface area contributed by atoms with Crippen LogP contribution in [0.1, 0.15) is 39.0 Å². The smallest absolute Gasteiger partial charge is 0.230 e. The molecule has 1 atom stereocenters. The average Bonchev–Trinajstić information content (AvgIpc) is 2.87. The summed E-state index contributed by atoms with van der Waals surface area (Å²) in [5.41, 5.74) is 0.732. The Kier molecular flexibility index (Phi) is 3.71. The van der Waals surface area contributed by atoms with Gasteiger partial charge in [-0.15, -0.1) is 0 Å². The molecule has 1 aromatic rings. The predicted molar refractivity (Wildman–Crippen MR) is 70.9 cm³/mol. The molecule has 1 aliphatic heterocycles. The SMILES string of the molecule is CCC(C)(C)C(=O)N1CCO[C@H]1c1ccccc1. The van der Waals surface area contributed by atoms with Gasteiger partial charge in [0.05, 0.1) is 6.61 Å². The molecule has 1 saturated heterocycles. The molecule has 0 N–H and O–H groups in total. The lowest BCUT2D eigenvalue weighted by Gasteiger charge is -2.31. The number of ether oxygens (including phenoxy) is 1. The van der Waals surface area contributed by atoms with Crippen LogP contribution >= 0.6 is 0 Å². The van der Waals surface area contributed by atoms with E-state index in [-0.39, 0.29) is 17.6 Å². The first kappa shape index (κ1) is 13.1. The van der Waals surface area contributed by atoms with Gasteiger partial charge in [0.25, 0.3) is 0 Å². The van der Waals surface area contributed by atoms with Gasteiger partial charge < -0.3 is 9.64 Å². The Hall–Kier alpha value is -1.35. The Morgan fingerprint density at radius 2 is 2.06 bits per heavy atom. The summed E-state index contributed by atoms with van der Waals surface area (Å²) >= 11 is 0. The van der Waals surface area contributed by atoms with Gasteiger partial charge in [0.2, 0.25) is 5.91 Å². The summed E-state index contributed by atoms with van der Waals surface area (Å²) in [5, 5.41) is 0. The van der Waals surface area contributed by atoms with Crippen LogP contribution in [0.2, 0.25) is 0 Å². The fourth-order valence-electron chi connectivity index (χ4n) is 2.11. The Morgan fingerprint density at radius 3 is 2.67 bits per heavy atom. The molecule has 0 spiro atoms. The molecule has 1 heterocycles. The van der Waals surface area contributed by atoms with E-state index in [4.69, 9.17) is 4.74 Å². The molecule has 2 rings (SSSR count). The van der Waals surface area contributed by atoms with Gasteiger partial charge in [-0.2, -0.15) is 0 Å². The number of carbonyl (C=O) groups excluding carboxylic acids is 1. The zero-order chi connectivity index (χ0) is 13.2. The molecular formula is C15H21NO2. The lowest BCUT2D eigenvalue weighted by molar-refractivity contribution is -0.145. The van der Waals surface area contributed by atoms with Crippen molar-refractivity contribution in [2.45, 2.75) is 33.4 Å². The first-order chi connectivity index (χ1) is 8.56. The number of hydrogen-bond acceptors (Lipinski definition) is 2. The van der Waals surface area contributed by atoms with Crippen LogP contribution in [0.4, 0.5) is 0 Å². The minimum Gasteiger partial charge on any atom is -0.352 e. The van der Waals surface area contributed by atoms with Crippen LogP contribution in [0, 0.1) is 5.41 Å². The fourth-order valence-corrected chi connectivity index (χ4v) is 2.11. The second-order valence-electron chi connectivity index (χ2n) is 5.37. The molecule has 0 bridgehead atoms. The van der Waals surface area contributed by atoms with E-state index in [1.54, 1.807) is 0 Å². The first-order valence-corrected chi connectivity index (χ1v) is 6.54. The van der Waals surface area contributed by atoms with Gasteiger partial charge >= 0.3 is 0 Å². The summed E-state index contributed by atoms with van der Waals surface area (Å²) in [6.45, 7) is 7.34. The highest BCUT2D eigenvalue weighted by atomic mass is 16.5. The summed E-state index contributed by atoms with van der Waals surface area (Å²) in [6, 6.07) is 9.94. The number of amides is 1. The number of rotatable bonds is 3. The molecular weight excluding hydrogens is 226 g/mol. The largest absolute Gasteiger partial charge is 0.352 e. The normalized spacial score (nSPS) is 20.2. The van der Waals surface area contributed by atoms with Gasteiger partial charge in [-0.3, -0.25) is 4.79 Å². The quantitative estimate of drug-likeness (QED) is 0.821. The third-order valence-corrected chi connectivity index (χ3v) is 3.70. The Morgan fingerprint density at radius 1 is 1.39 bits per heavy atom. The molecule has 98 valence electrons. The van der Waals surface area contributed by atoms with Gasteiger partial charge in [0, 0.05) is 17.5 Å². The highest BCUT2D eigenvalue weighted by molar-refractivity contribution is 5.82. The van der Waals surface area contributed by atoms with Crippen LogP contribution in [0.25, 0.3) is 0 Å². The lowest BCUT2D eigenvalue weighted by Crippen LogP contribution is -2.40. The zero-order valence-electron chi connectivity index (χ0n) is 11.3. The third kappa shape index (κ3) is 2.41. The molecule has 1 aliphatic rings. The van der Waals surface area contributed by atoms with Crippen LogP contribution in [0.5, 0.6) is 0 Å². The maximum Gasteiger partial charge on any atom is 0.230 e.